The number of anilines is 1. The molecule has 0 aliphatic heterocycles. The van der Waals surface area contributed by atoms with Crippen LogP contribution in [0.15, 0.2) is 24.3 Å². The van der Waals surface area contributed by atoms with Gasteiger partial charge in [-0.25, -0.2) is 0 Å². The maximum Gasteiger partial charge on any atom is 0.416 e. The third-order valence-electron chi connectivity index (χ3n) is 4.79. The first-order valence-electron chi connectivity index (χ1n) is 8.99. The summed E-state index contributed by atoms with van der Waals surface area (Å²) in [7, 11) is 0. The maximum absolute atomic E-state index is 13.0. The fraction of sp³-hybridized carbons (Fsp3) is 0.444. The van der Waals surface area contributed by atoms with Crippen molar-refractivity contribution >= 4 is 35.1 Å². The van der Waals surface area contributed by atoms with Gasteiger partial charge in [0.25, 0.3) is 0 Å². The average Bonchev–Trinajstić information content (AvgIpc) is 2.65. The van der Waals surface area contributed by atoms with E-state index in [1.165, 1.54) is 18.2 Å². The van der Waals surface area contributed by atoms with Crippen LogP contribution in [0.5, 0.6) is 0 Å². The van der Waals surface area contributed by atoms with Crippen LogP contribution < -0.4 is 10.6 Å². The van der Waals surface area contributed by atoms with Gasteiger partial charge in [0.2, 0.25) is 22.4 Å². The van der Waals surface area contributed by atoms with E-state index in [1.54, 1.807) is 0 Å². The summed E-state index contributed by atoms with van der Waals surface area (Å²) in [6.45, 7) is -0.158. The molecular formula is C18H18Cl2F3N5O. The number of aromatic nitrogens is 3. The van der Waals surface area contributed by atoms with Gasteiger partial charge in [0.05, 0.1) is 5.56 Å². The van der Waals surface area contributed by atoms with Gasteiger partial charge in [-0.3, -0.25) is 4.79 Å². The number of hydrogen-bond acceptors (Lipinski definition) is 5. The first kappa shape index (κ1) is 21.6. The van der Waals surface area contributed by atoms with E-state index < -0.39 is 11.7 Å². The molecule has 1 heterocycles. The standard InChI is InChI=1S/C18H18Cl2F3N5O/c19-15-26-16(20)28-17(27-15)25-12-7-5-10(6-8-12)14(29)24-9-11-3-1-2-4-13(11)18(21,22)23/h1-4,10,12H,5-9H2,(H,24,29)(H,25,26,27,28). The minimum absolute atomic E-state index is 0.0142. The van der Waals surface area contributed by atoms with Gasteiger partial charge in [-0.1, -0.05) is 18.2 Å². The highest BCUT2D eigenvalue weighted by atomic mass is 35.5. The second-order valence-electron chi connectivity index (χ2n) is 6.76. The van der Waals surface area contributed by atoms with Crippen LogP contribution in [0.4, 0.5) is 19.1 Å². The molecule has 0 radical (unpaired) electrons. The second kappa shape index (κ2) is 9.13. The summed E-state index contributed by atoms with van der Waals surface area (Å²) in [6.07, 6.45) is -1.91. The van der Waals surface area contributed by atoms with E-state index in [-0.39, 0.29) is 46.5 Å². The summed E-state index contributed by atoms with van der Waals surface area (Å²) in [4.78, 5) is 24.0. The number of carbonyl (C=O) groups is 1. The monoisotopic (exact) mass is 447 g/mol. The SMILES string of the molecule is O=C(NCc1ccccc1C(F)(F)F)C1CCC(Nc2nc(Cl)nc(Cl)n2)CC1. The quantitative estimate of drug-likeness (QED) is 0.705. The van der Waals surface area contributed by atoms with Crippen molar-refractivity contribution in [2.75, 3.05) is 5.32 Å². The van der Waals surface area contributed by atoms with E-state index >= 15 is 0 Å². The Balaban J connectivity index is 1.51. The number of alkyl halides is 3. The molecular weight excluding hydrogens is 430 g/mol. The van der Waals surface area contributed by atoms with E-state index in [4.69, 9.17) is 23.2 Å². The summed E-state index contributed by atoms with van der Waals surface area (Å²) in [5.41, 5.74) is -0.685. The van der Waals surface area contributed by atoms with E-state index in [9.17, 15) is 18.0 Å². The topological polar surface area (TPSA) is 79.8 Å². The molecule has 11 heteroatoms. The molecule has 2 aromatic rings. The Hall–Kier alpha value is -2.13. The molecule has 1 fully saturated rings. The number of hydrogen-bond donors (Lipinski definition) is 2. The predicted octanol–water partition coefficient (Wildman–Crippen LogP) is 4.48. The third-order valence-corrected chi connectivity index (χ3v) is 5.13. The van der Waals surface area contributed by atoms with Crippen molar-refractivity contribution in [1.29, 1.82) is 0 Å². The zero-order chi connectivity index (χ0) is 21.0. The van der Waals surface area contributed by atoms with Crippen molar-refractivity contribution in [2.45, 2.75) is 44.4 Å². The van der Waals surface area contributed by atoms with Crippen molar-refractivity contribution in [1.82, 2.24) is 20.3 Å². The van der Waals surface area contributed by atoms with E-state index in [2.05, 4.69) is 25.6 Å². The van der Waals surface area contributed by atoms with Crippen LogP contribution in [-0.2, 0) is 17.5 Å². The maximum atomic E-state index is 13.0. The minimum atomic E-state index is -4.45. The molecule has 1 aromatic carbocycles. The number of halogens is 5. The van der Waals surface area contributed by atoms with Crippen LogP contribution in [0.2, 0.25) is 10.6 Å². The minimum Gasteiger partial charge on any atom is -0.352 e. The Labute approximate surface area is 175 Å². The summed E-state index contributed by atoms with van der Waals surface area (Å²) in [5.74, 6) is -0.227. The Kier molecular flexibility index (Phi) is 6.79. The number of amides is 1. The largest absolute Gasteiger partial charge is 0.416 e. The van der Waals surface area contributed by atoms with Gasteiger partial charge in [0, 0.05) is 18.5 Å². The number of nitrogens with zero attached hydrogens (tertiary/aromatic N) is 3. The highest BCUT2D eigenvalue weighted by molar-refractivity contribution is 6.31. The van der Waals surface area contributed by atoms with E-state index in [0.29, 0.717) is 25.7 Å². The van der Waals surface area contributed by atoms with Gasteiger partial charge >= 0.3 is 6.18 Å². The van der Waals surface area contributed by atoms with Gasteiger partial charge in [-0.15, -0.1) is 0 Å². The number of nitrogens with one attached hydrogen (secondary N) is 2. The van der Waals surface area contributed by atoms with Crippen LogP contribution in [0.25, 0.3) is 0 Å². The van der Waals surface area contributed by atoms with Crippen LogP contribution in [0, 0.1) is 5.92 Å². The Morgan fingerprint density at radius 3 is 2.28 bits per heavy atom. The molecule has 29 heavy (non-hydrogen) atoms. The van der Waals surface area contributed by atoms with Crippen LogP contribution in [-0.4, -0.2) is 26.9 Å². The molecule has 0 saturated heterocycles. The smallest absolute Gasteiger partial charge is 0.352 e. The van der Waals surface area contributed by atoms with Crippen molar-refractivity contribution in [3.63, 3.8) is 0 Å². The highest BCUT2D eigenvalue weighted by Gasteiger charge is 2.33. The number of rotatable bonds is 5. The van der Waals surface area contributed by atoms with Crippen molar-refractivity contribution < 1.29 is 18.0 Å². The molecule has 6 nitrogen and oxygen atoms in total. The second-order valence-corrected chi connectivity index (χ2v) is 7.44. The molecule has 0 unspecified atom stereocenters. The van der Waals surface area contributed by atoms with Gasteiger partial charge in [0.15, 0.2) is 0 Å². The average molecular weight is 448 g/mol. The molecule has 156 valence electrons. The van der Waals surface area contributed by atoms with Gasteiger partial charge in [0.1, 0.15) is 0 Å². The Morgan fingerprint density at radius 1 is 1.03 bits per heavy atom. The molecule has 0 spiro atoms. The lowest BCUT2D eigenvalue weighted by Gasteiger charge is -2.28. The Morgan fingerprint density at radius 2 is 1.66 bits per heavy atom. The molecule has 0 bridgehead atoms. The van der Waals surface area contributed by atoms with E-state index in [1.807, 2.05) is 0 Å². The molecule has 1 amide bonds. The lowest BCUT2D eigenvalue weighted by Crippen LogP contribution is -2.36. The molecule has 1 aliphatic carbocycles. The zero-order valence-electron chi connectivity index (χ0n) is 15.1. The number of carbonyl (C=O) groups excluding carboxylic acids is 1. The van der Waals surface area contributed by atoms with Crippen LogP contribution in [0.1, 0.15) is 36.8 Å². The lowest BCUT2D eigenvalue weighted by molar-refractivity contribution is -0.138. The number of benzene rings is 1. The van der Waals surface area contributed by atoms with Crippen molar-refractivity contribution in [2.24, 2.45) is 5.92 Å². The van der Waals surface area contributed by atoms with Crippen molar-refractivity contribution in [3.05, 3.63) is 46.0 Å². The van der Waals surface area contributed by atoms with Gasteiger partial charge < -0.3 is 10.6 Å². The molecule has 2 N–H and O–H groups in total. The summed E-state index contributed by atoms with van der Waals surface area (Å²) < 4.78 is 39.1. The van der Waals surface area contributed by atoms with E-state index in [0.717, 1.165) is 6.07 Å². The molecule has 1 aromatic heterocycles. The fourth-order valence-electron chi connectivity index (χ4n) is 3.35. The highest BCUT2D eigenvalue weighted by Crippen LogP contribution is 2.32. The predicted molar refractivity (Wildman–Crippen MR) is 103 cm³/mol. The Bertz CT molecular complexity index is 853. The normalized spacial score (nSPS) is 19.6. The third kappa shape index (κ3) is 5.93. The van der Waals surface area contributed by atoms with Crippen molar-refractivity contribution in [3.8, 4) is 0 Å². The van der Waals surface area contributed by atoms with Crippen LogP contribution in [0.3, 0.4) is 0 Å². The van der Waals surface area contributed by atoms with Gasteiger partial charge in [-0.05, 0) is 60.5 Å². The molecule has 1 aliphatic rings. The zero-order valence-corrected chi connectivity index (χ0v) is 16.7. The summed E-state index contributed by atoms with van der Waals surface area (Å²) >= 11 is 11.5. The van der Waals surface area contributed by atoms with Gasteiger partial charge in [-0.2, -0.15) is 28.1 Å². The first-order valence-corrected chi connectivity index (χ1v) is 9.74. The molecule has 0 atom stereocenters. The first-order chi connectivity index (χ1) is 13.7. The lowest BCUT2D eigenvalue weighted by atomic mass is 9.85. The molecule has 1 saturated carbocycles. The summed E-state index contributed by atoms with van der Waals surface area (Å²) in [6, 6.07) is 5.27. The fourth-order valence-corrected chi connectivity index (χ4v) is 3.71. The molecule has 3 rings (SSSR count). The van der Waals surface area contributed by atoms with Crippen LogP contribution >= 0.6 is 23.2 Å². The summed E-state index contributed by atoms with van der Waals surface area (Å²) in [5, 5.41) is 5.72.